The van der Waals surface area contributed by atoms with Crippen molar-refractivity contribution in [3.63, 3.8) is 0 Å². The summed E-state index contributed by atoms with van der Waals surface area (Å²) in [6.45, 7) is 1.49. The highest BCUT2D eigenvalue weighted by Crippen LogP contribution is 2.37. The molecule has 0 radical (unpaired) electrons. The van der Waals surface area contributed by atoms with E-state index in [2.05, 4.69) is 10.2 Å². The third kappa shape index (κ3) is 5.52. The van der Waals surface area contributed by atoms with E-state index in [1.54, 1.807) is 36.4 Å². The normalized spacial score (nSPS) is 17.2. The number of rotatable bonds is 9. The number of nitrogens with zero attached hydrogens (tertiary/aromatic N) is 2. The Balaban J connectivity index is 0.00000361. The van der Waals surface area contributed by atoms with Gasteiger partial charge in [-0.25, -0.2) is 0 Å². The van der Waals surface area contributed by atoms with E-state index in [0.717, 1.165) is 17.9 Å². The van der Waals surface area contributed by atoms with Gasteiger partial charge in [0.05, 0.1) is 48.7 Å². The molecule has 0 aromatic heterocycles. The van der Waals surface area contributed by atoms with Crippen molar-refractivity contribution in [3.05, 3.63) is 47.5 Å². The van der Waals surface area contributed by atoms with Gasteiger partial charge in [0.1, 0.15) is 17.3 Å². The zero-order chi connectivity index (χ0) is 25.1. The summed E-state index contributed by atoms with van der Waals surface area (Å²) in [5.41, 5.74) is 1.46. The number of methoxy groups -OCH3 is 1. The molecule has 9 nitrogen and oxygen atoms in total. The van der Waals surface area contributed by atoms with Crippen LogP contribution in [-0.4, -0.2) is 73.6 Å². The third-order valence-corrected chi connectivity index (χ3v) is 6.16. The molecule has 36 heavy (non-hydrogen) atoms. The summed E-state index contributed by atoms with van der Waals surface area (Å²) in [7, 11) is 5.56. The number of halogens is 1. The number of anilines is 2. The summed E-state index contributed by atoms with van der Waals surface area (Å²) in [6, 6.07) is 9.39. The second-order valence-corrected chi connectivity index (χ2v) is 8.94. The minimum Gasteiger partial charge on any atom is -0.494 e. The predicted octanol–water partition coefficient (Wildman–Crippen LogP) is 3.48. The Morgan fingerprint density at radius 3 is 2.53 bits per heavy atom. The fraction of sp³-hybridized carbons (Fsp3) is 0.385. The molecule has 1 heterocycles. The molecule has 1 fully saturated rings. The number of hydrogen-bond donors (Lipinski definition) is 1. The molecular formula is C26H30ClN3O6. The summed E-state index contributed by atoms with van der Waals surface area (Å²) in [5, 5.41) is 3.20. The van der Waals surface area contributed by atoms with E-state index in [0.29, 0.717) is 29.5 Å². The van der Waals surface area contributed by atoms with Crippen LogP contribution in [0.25, 0.3) is 0 Å². The quantitative estimate of drug-likeness (QED) is 0.307. The van der Waals surface area contributed by atoms with E-state index in [4.69, 9.17) is 9.47 Å². The average Bonchev–Trinajstić information content (AvgIpc) is 3.08. The Morgan fingerprint density at radius 1 is 1.06 bits per heavy atom. The SMILES string of the molecule is COc1cc(OCCCN(C)C)ccc1Nc1cccc2c1C(=O)N(C1CCC(=O)CC1=O)C2=O.Cl. The van der Waals surface area contributed by atoms with Crippen LogP contribution in [0.4, 0.5) is 11.4 Å². The van der Waals surface area contributed by atoms with Crippen LogP contribution in [0.15, 0.2) is 36.4 Å². The van der Waals surface area contributed by atoms with Gasteiger partial charge in [-0.1, -0.05) is 6.07 Å². The van der Waals surface area contributed by atoms with Crippen molar-refractivity contribution < 1.29 is 28.7 Å². The van der Waals surface area contributed by atoms with E-state index in [-0.39, 0.29) is 48.6 Å². The van der Waals surface area contributed by atoms with E-state index in [1.165, 1.54) is 7.11 Å². The number of carbonyl (C=O) groups excluding carboxylic acids is 4. The van der Waals surface area contributed by atoms with Crippen LogP contribution < -0.4 is 14.8 Å². The molecule has 10 heteroatoms. The van der Waals surface area contributed by atoms with Gasteiger partial charge in [-0.3, -0.25) is 24.1 Å². The Morgan fingerprint density at radius 2 is 1.83 bits per heavy atom. The molecule has 0 spiro atoms. The van der Waals surface area contributed by atoms with Crippen LogP contribution >= 0.6 is 12.4 Å². The van der Waals surface area contributed by atoms with Crippen LogP contribution in [-0.2, 0) is 9.59 Å². The van der Waals surface area contributed by atoms with Crippen molar-refractivity contribution in [1.82, 2.24) is 9.80 Å². The van der Waals surface area contributed by atoms with Gasteiger partial charge in [0.25, 0.3) is 11.8 Å². The summed E-state index contributed by atoms with van der Waals surface area (Å²) >= 11 is 0. The molecule has 4 rings (SSSR count). The first kappa shape index (κ1) is 27.2. The second kappa shape index (κ2) is 11.5. The van der Waals surface area contributed by atoms with Crippen LogP contribution in [0.5, 0.6) is 11.5 Å². The van der Waals surface area contributed by atoms with Crippen molar-refractivity contribution in [3.8, 4) is 11.5 Å². The standard InChI is InChI=1S/C26H29N3O6.ClH/c1-28(2)12-5-13-35-17-9-10-19(23(15-17)34-3)27-20-7-4-6-18-24(20)26(33)29(25(18)32)21-11-8-16(30)14-22(21)31;/h4,6-7,9-10,15,21,27H,5,8,11-14H2,1-3H3;1H. The average molecular weight is 516 g/mol. The molecule has 1 atom stereocenters. The maximum atomic E-state index is 13.3. The second-order valence-electron chi connectivity index (χ2n) is 8.94. The van der Waals surface area contributed by atoms with Gasteiger partial charge >= 0.3 is 0 Å². The molecule has 1 N–H and O–H groups in total. The molecule has 192 valence electrons. The molecule has 1 aliphatic heterocycles. The van der Waals surface area contributed by atoms with Crippen LogP contribution in [0, 0.1) is 0 Å². The Labute approximate surface area is 216 Å². The molecule has 1 saturated carbocycles. The van der Waals surface area contributed by atoms with Gasteiger partial charge in [0.15, 0.2) is 5.78 Å². The molecule has 0 bridgehead atoms. The highest BCUT2D eigenvalue weighted by molar-refractivity contribution is 6.26. The molecule has 0 saturated heterocycles. The Kier molecular flexibility index (Phi) is 8.70. The summed E-state index contributed by atoms with van der Waals surface area (Å²) in [5.74, 6) is -0.444. The van der Waals surface area contributed by atoms with Crippen molar-refractivity contribution in [2.24, 2.45) is 0 Å². The Bertz CT molecular complexity index is 1180. The number of carbonyl (C=O) groups is 4. The lowest BCUT2D eigenvalue weighted by Crippen LogP contribution is -2.47. The van der Waals surface area contributed by atoms with Crippen molar-refractivity contribution in [2.45, 2.75) is 31.7 Å². The van der Waals surface area contributed by atoms with Gasteiger partial charge in [0, 0.05) is 19.0 Å². The zero-order valence-electron chi connectivity index (χ0n) is 20.5. The van der Waals surface area contributed by atoms with Gasteiger partial charge in [-0.15, -0.1) is 12.4 Å². The number of fused-ring (bicyclic) bond motifs is 1. The fourth-order valence-corrected chi connectivity index (χ4v) is 4.40. The van der Waals surface area contributed by atoms with Crippen molar-refractivity contribution in [1.29, 1.82) is 0 Å². The maximum absolute atomic E-state index is 13.3. The predicted molar refractivity (Wildman–Crippen MR) is 137 cm³/mol. The minimum absolute atomic E-state index is 0. The molecule has 2 aliphatic rings. The maximum Gasteiger partial charge on any atom is 0.264 e. The largest absolute Gasteiger partial charge is 0.494 e. The number of benzene rings is 2. The minimum atomic E-state index is -0.911. The fourth-order valence-electron chi connectivity index (χ4n) is 4.40. The van der Waals surface area contributed by atoms with Gasteiger partial charge in [-0.05, 0) is 51.2 Å². The van der Waals surface area contributed by atoms with E-state index < -0.39 is 23.6 Å². The van der Waals surface area contributed by atoms with Crippen LogP contribution in [0.3, 0.4) is 0 Å². The highest BCUT2D eigenvalue weighted by Gasteiger charge is 2.45. The number of amides is 2. The summed E-state index contributed by atoms with van der Waals surface area (Å²) < 4.78 is 11.3. The van der Waals surface area contributed by atoms with Crippen LogP contribution in [0.1, 0.15) is 46.4 Å². The first-order valence-corrected chi connectivity index (χ1v) is 11.6. The molecule has 1 unspecified atom stereocenters. The van der Waals surface area contributed by atoms with E-state index >= 15 is 0 Å². The number of nitrogens with one attached hydrogen (secondary N) is 1. The monoisotopic (exact) mass is 515 g/mol. The van der Waals surface area contributed by atoms with E-state index in [9.17, 15) is 19.2 Å². The first-order chi connectivity index (χ1) is 16.8. The number of ketones is 2. The molecule has 2 amide bonds. The van der Waals surface area contributed by atoms with Gasteiger partial charge in [0.2, 0.25) is 0 Å². The topological polar surface area (TPSA) is 105 Å². The lowest BCUT2D eigenvalue weighted by Gasteiger charge is -2.27. The summed E-state index contributed by atoms with van der Waals surface area (Å²) in [6.07, 6.45) is 0.977. The number of Topliss-reactive ketones (excluding diaryl/α,β-unsaturated/α-hetero) is 2. The van der Waals surface area contributed by atoms with Crippen molar-refractivity contribution in [2.75, 3.05) is 39.7 Å². The molecule has 2 aromatic carbocycles. The summed E-state index contributed by atoms with van der Waals surface area (Å²) in [4.78, 5) is 53.5. The van der Waals surface area contributed by atoms with Gasteiger partial charge in [-0.2, -0.15) is 0 Å². The van der Waals surface area contributed by atoms with E-state index in [1.807, 2.05) is 14.1 Å². The van der Waals surface area contributed by atoms with Gasteiger partial charge < -0.3 is 19.7 Å². The highest BCUT2D eigenvalue weighted by atomic mass is 35.5. The zero-order valence-corrected chi connectivity index (χ0v) is 21.4. The number of hydrogen-bond acceptors (Lipinski definition) is 8. The molecule has 1 aliphatic carbocycles. The molecule has 2 aromatic rings. The number of imide groups is 1. The molecular weight excluding hydrogens is 486 g/mol. The first-order valence-electron chi connectivity index (χ1n) is 11.6. The lowest BCUT2D eigenvalue weighted by atomic mass is 9.92. The third-order valence-electron chi connectivity index (χ3n) is 6.16. The Hall–Kier alpha value is -3.43. The number of ether oxygens (including phenoxy) is 2. The lowest BCUT2D eigenvalue weighted by molar-refractivity contribution is -0.132. The smallest absolute Gasteiger partial charge is 0.264 e. The van der Waals surface area contributed by atoms with Crippen molar-refractivity contribution >= 4 is 47.2 Å². The van der Waals surface area contributed by atoms with Crippen LogP contribution in [0.2, 0.25) is 0 Å².